The molecule has 0 spiro atoms. The average molecular weight is 171 g/mol. The van der Waals surface area contributed by atoms with Gasteiger partial charge in [0, 0.05) is 19.5 Å². The number of hydrogen-bond acceptors (Lipinski definition) is 3. The molecule has 1 heterocycles. The van der Waals surface area contributed by atoms with Crippen molar-refractivity contribution in [2.75, 3.05) is 19.6 Å². The second-order valence-electron chi connectivity index (χ2n) is 3.08. The molecule has 68 valence electrons. The smallest absolute Gasteiger partial charge is 0.307 e. The van der Waals surface area contributed by atoms with Crippen LogP contribution in [0.25, 0.3) is 0 Å². The zero-order chi connectivity index (χ0) is 8.97. The highest BCUT2D eigenvalue weighted by atomic mass is 16.4. The number of aldehydes is 1. The number of rotatable bonds is 4. The molecule has 0 saturated carbocycles. The number of carbonyl (C=O) groups is 2. The minimum atomic E-state index is -0.719. The molecule has 1 atom stereocenters. The minimum Gasteiger partial charge on any atom is -0.481 e. The first-order valence-corrected chi connectivity index (χ1v) is 4.13. The van der Waals surface area contributed by atoms with E-state index in [0.29, 0.717) is 25.9 Å². The Morgan fingerprint density at radius 3 is 2.92 bits per heavy atom. The Labute approximate surface area is 71.2 Å². The normalized spacial score (nSPS) is 24.2. The molecule has 0 bridgehead atoms. The molecular weight excluding hydrogens is 158 g/mol. The molecule has 0 aromatic rings. The van der Waals surface area contributed by atoms with Gasteiger partial charge in [-0.05, 0) is 13.0 Å². The van der Waals surface area contributed by atoms with Gasteiger partial charge in [-0.25, -0.2) is 0 Å². The molecule has 1 rings (SSSR count). The van der Waals surface area contributed by atoms with Gasteiger partial charge in [-0.2, -0.15) is 0 Å². The third-order valence-corrected chi connectivity index (χ3v) is 2.18. The molecule has 1 fully saturated rings. The third-order valence-electron chi connectivity index (χ3n) is 2.18. The summed E-state index contributed by atoms with van der Waals surface area (Å²) in [6.45, 7) is 2.11. The van der Waals surface area contributed by atoms with Crippen molar-refractivity contribution < 1.29 is 14.7 Å². The van der Waals surface area contributed by atoms with Gasteiger partial charge < -0.3 is 14.8 Å². The number of carbonyl (C=O) groups excluding carboxylic acids is 1. The van der Waals surface area contributed by atoms with E-state index in [1.165, 1.54) is 0 Å². The standard InChI is InChI=1S/C8H13NO3/c10-5-1-3-9-4-2-7(6-9)8(11)12/h5,7H,1-4,6H2,(H,11,12). The summed E-state index contributed by atoms with van der Waals surface area (Å²) in [4.78, 5) is 22.6. The highest BCUT2D eigenvalue weighted by Gasteiger charge is 2.27. The van der Waals surface area contributed by atoms with E-state index in [0.717, 1.165) is 12.8 Å². The highest BCUT2D eigenvalue weighted by molar-refractivity contribution is 5.70. The number of aliphatic carboxylic acids is 1. The van der Waals surface area contributed by atoms with Crippen LogP contribution in [-0.2, 0) is 9.59 Å². The molecule has 0 radical (unpaired) electrons. The van der Waals surface area contributed by atoms with E-state index >= 15 is 0 Å². The van der Waals surface area contributed by atoms with E-state index < -0.39 is 5.97 Å². The van der Waals surface area contributed by atoms with Crippen LogP contribution in [0.5, 0.6) is 0 Å². The van der Waals surface area contributed by atoms with Crippen molar-refractivity contribution in [3.63, 3.8) is 0 Å². The lowest BCUT2D eigenvalue weighted by Gasteiger charge is -2.12. The Morgan fingerprint density at radius 2 is 2.42 bits per heavy atom. The van der Waals surface area contributed by atoms with Gasteiger partial charge in [0.1, 0.15) is 6.29 Å². The maximum Gasteiger partial charge on any atom is 0.307 e. The number of carboxylic acid groups (broad SMARTS) is 1. The second-order valence-corrected chi connectivity index (χ2v) is 3.08. The van der Waals surface area contributed by atoms with E-state index in [9.17, 15) is 9.59 Å². The van der Waals surface area contributed by atoms with Gasteiger partial charge in [0.2, 0.25) is 0 Å². The van der Waals surface area contributed by atoms with Crippen LogP contribution in [0.1, 0.15) is 12.8 Å². The molecule has 0 aromatic carbocycles. The molecule has 0 aromatic heterocycles. The van der Waals surface area contributed by atoms with E-state index in [1.54, 1.807) is 0 Å². The maximum absolute atomic E-state index is 10.5. The van der Waals surface area contributed by atoms with Gasteiger partial charge in [-0.1, -0.05) is 0 Å². The zero-order valence-corrected chi connectivity index (χ0v) is 6.90. The number of likely N-dealkylation sites (tertiary alicyclic amines) is 1. The van der Waals surface area contributed by atoms with Crippen LogP contribution in [0.4, 0.5) is 0 Å². The monoisotopic (exact) mass is 171 g/mol. The summed E-state index contributed by atoms with van der Waals surface area (Å²) in [7, 11) is 0. The van der Waals surface area contributed by atoms with Crippen LogP contribution in [0.15, 0.2) is 0 Å². The van der Waals surface area contributed by atoms with Gasteiger partial charge in [-0.3, -0.25) is 4.79 Å². The van der Waals surface area contributed by atoms with E-state index in [1.807, 2.05) is 4.90 Å². The summed E-state index contributed by atoms with van der Waals surface area (Å²) in [6, 6.07) is 0. The van der Waals surface area contributed by atoms with Gasteiger partial charge in [0.15, 0.2) is 0 Å². The van der Waals surface area contributed by atoms with Crippen molar-refractivity contribution in [1.82, 2.24) is 4.90 Å². The molecule has 1 aliphatic rings. The SMILES string of the molecule is O=CCCN1CCC(C(=O)O)C1. The molecule has 4 heteroatoms. The predicted molar refractivity (Wildman–Crippen MR) is 42.9 cm³/mol. The van der Waals surface area contributed by atoms with Crippen LogP contribution >= 0.6 is 0 Å². The first kappa shape index (κ1) is 9.19. The molecular formula is C8H13NO3. The van der Waals surface area contributed by atoms with Gasteiger partial charge in [0.05, 0.1) is 5.92 Å². The number of carboxylic acids is 1. The molecule has 12 heavy (non-hydrogen) atoms. The number of hydrogen-bond donors (Lipinski definition) is 1. The molecule has 1 aliphatic heterocycles. The maximum atomic E-state index is 10.5. The predicted octanol–water partition coefficient (Wildman–Crippen LogP) is -0.0181. The number of nitrogens with zero attached hydrogens (tertiary/aromatic N) is 1. The van der Waals surface area contributed by atoms with E-state index in [2.05, 4.69) is 0 Å². The second kappa shape index (κ2) is 4.21. The summed E-state index contributed by atoms with van der Waals surface area (Å²) in [5, 5.41) is 8.66. The largest absolute Gasteiger partial charge is 0.481 e. The summed E-state index contributed by atoms with van der Waals surface area (Å²) < 4.78 is 0. The molecule has 1 unspecified atom stereocenters. The first-order chi connectivity index (χ1) is 5.74. The minimum absolute atomic E-state index is 0.225. The Kier molecular flexibility index (Phi) is 3.22. The molecule has 1 saturated heterocycles. The van der Waals surface area contributed by atoms with Crippen molar-refractivity contribution >= 4 is 12.3 Å². The van der Waals surface area contributed by atoms with Crippen LogP contribution in [-0.4, -0.2) is 41.9 Å². The van der Waals surface area contributed by atoms with Crippen molar-refractivity contribution in [3.8, 4) is 0 Å². The summed E-state index contributed by atoms with van der Waals surface area (Å²) in [5.41, 5.74) is 0. The van der Waals surface area contributed by atoms with Gasteiger partial charge in [0.25, 0.3) is 0 Å². The lowest BCUT2D eigenvalue weighted by atomic mass is 10.1. The highest BCUT2D eigenvalue weighted by Crippen LogP contribution is 2.15. The Hall–Kier alpha value is -0.900. The Bertz CT molecular complexity index is 181. The fourth-order valence-electron chi connectivity index (χ4n) is 1.47. The van der Waals surface area contributed by atoms with Gasteiger partial charge >= 0.3 is 5.97 Å². The third kappa shape index (κ3) is 2.30. The average Bonchev–Trinajstić information content (AvgIpc) is 2.48. The van der Waals surface area contributed by atoms with Crippen LogP contribution in [0, 0.1) is 5.92 Å². The molecule has 0 amide bonds. The molecule has 1 N–H and O–H groups in total. The fourth-order valence-corrected chi connectivity index (χ4v) is 1.47. The van der Waals surface area contributed by atoms with E-state index in [4.69, 9.17) is 5.11 Å². The summed E-state index contributed by atoms with van der Waals surface area (Å²) >= 11 is 0. The van der Waals surface area contributed by atoms with Crippen molar-refractivity contribution in [1.29, 1.82) is 0 Å². The Balaban J connectivity index is 2.25. The fraction of sp³-hybridized carbons (Fsp3) is 0.750. The van der Waals surface area contributed by atoms with Crippen molar-refractivity contribution in [3.05, 3.63) is 0 Å². The first-order valence-electron chi connectivity index (χ1n) is 4.13. The van der Waals surface area contributed by atoms with Gasteiger partial charge in [-0.15, -0.1) is 0 Å². The Morgan fingerprint density at radius 1 is 1.67 bits per heavy atom. The molecule has 0 aliphatic carbocycles. The zero-order valence-electron chi connectivity index (χ0n) is 6.90. The molecule has 4 nitrogen and oxygen atoms in total. The lowest BCUT2D eigenvalue weighted by molar-refractivity contribution is -0.141. The van der Waals surface area contributed by atoms with Crippen molar-refractivity contribution in [2.45, 2.75) is 12.8 Å². The lowest BCUT2D eigenvalue weighted by Crippen LogP contribution is -2.24. The van der Waals surface area contributed by atoms with Crippen molar-refractivity contribution in [2.24, 2.45) is 5.92 Å². The summed E-state index contributed by atoms with van der Waals surface area (Å²) in [5.74, 6) is -0.944. The topological polar surface area (TPSA) is 57.6 Å². The van der Waals surface area contributed by atoms with Crippen LogP contribution in [0.3, 0.4) is 0 Å². The van der Waals surface area contributed by atoms with Crippen LogP contribution < -0.4 is 0 Å². The van der Waals surface area contributed by atoms with E-state index in [-0.39, 0.29) is 5.92 Å². The quantitative estimate of drug-likeness (QED) is 0.604. The van der Waals surface area contributed by atoms with Crippen LogP contribution in [0.2, 0.25) is 0 Å². The summed E-state index contributed by atoms with van der Waals surface area (Å²) in [6.07, 6.45) is 2.09.